The zero-order chi connectivity index (χ0) is 25.7. The Balaban J connectivity index is 1.73. The van der Waals surface area contributed by atoms with Gasteiger partial charge in [0, 0.05) is 22.1 Å². The molecule has 5 rings (SSSR count). The molecule has 1 fully saturated rings. The summed E-state index contributed by atoms with van der Waals surface area (Å²) in [5, 5.41) is 4.63. The van der Waals surface area contributed by atoms with Crippen LogP contribution in [-0.2, 0) is 4.79 Å². The number of carbonyl (C=O) groups is 1. The molecule has 4 nitrogen and oxygen atoms in total. The highest BCUT2D eigenvalue weighted by molar-refractivity contribution is 6.12. The minimum Gasteiger partial charge on any atom is -0.463 e. The quantitative estimate of drug-likeness (QED) is 0.374. The SMILES string of the molecule is CC(C)(C)C1=CC(=C(c2ccco2)N(Nc2cccc3ccccc23)C2CC2)C=C(C(C)(C)C)C1=O. The Morgan fingerprint density at radius 3 is 2.08 bits per heavy atom. The molecule has 0 radical (unpaired) electrons. The monoisotopic (exact) mass is 480 g/mol. The topological polar surface area (TPSA) is 45.5 Å². The van der Waals surface area contributed by atoms with E-state index in [2.05, 4.69) is 107 Å². The standard InChI is InChI=1S/C32H36N2O2/c1-31(2,3)25-19-22(20-26(30(25)35)32(4,5)6)29(28-15-10-18-36-28)34(23-16-17-23)33-27-14-9-12-21-11-7-8-13-24(21)27/h7-15,18-20,23,33H,16-17H2,1-6H3. The van der Waals surface area contributed by atoms with Crippen molar-refractivity contribution >= 4 is 27.9 Å². The summed E-state index contributed by atoms with van der Waals surface area (Å²) in [5.74, 6) is 0.922. The highest BCUT2D eigenvalue weighted by atomic mass is 16.3. The molecule has 1 saturated carbocycles. The number of hydrazine groups is 1. The fourth-order valence-electron chi connectivity index (χ4n) is 4.81. The molecule has 1 N–H and O–H groups in total. The van der Waals surface area contributed by atoms with Gasteiger partial charge in [-0.3, -0.25) is 15.2 Å². The number of hydrogen-bond acceptors (Lipinski definition) is 4. The van der Waals surface area contributed by atoms with Crippen LogP contribution in [0.15, 0.2) is 94.1 Å². The van der Waals surface area contributed by atoms with Crippen molar-refractivity contribution in [2.24, 2.45) is 10.8 Å². The lowest BCUT2D eigenvalue weighted by Gasteiger charge is -2.34. The van der Waals surface area contributed by atoms with E-state index in [4.69, 9.17) is 4.42 Å². The molecular formula is C32H36N2O2. The number of hydrogen-bond donors (Lipinski definition) is 1. The Bertz CT molecular complexity index is 1350. The van der Waals surface area contributed by atoms with Crippen molar-refractivity contribution in [3.05, 3.63) is 95.5 Å². The van der Waals surface area contributed by atoms with Gasteiger partial charge in [0.2, 0.25) is 0 Å². The van der Waals surface area contributed by atoms with Gasteiger partial charge in [0.05, 0.1) is 18.0 Å². The second-order valence-electron chi connectivity index (χ2n) is 12.0. The van der Waals surface area contributed by atoms with E-state index in [1.165, 1.54) is 10.8 Å². The maximum absolute atomic E-state index is 13.6. The summed E-state index contributed by atoms with van der Waals surface area (Å²) in [7, 11) is 0. The van der Waals surface area contributed by atoms with Crippen molar-refractivity contribution < 1.29 is 9.21 Å². The van der Waals surface area contributed by atoms with Crippen LogP contribution in [0.5, 0.6) is 0 Å². The van der Waals surface area contributed by atoms with Gasteiger partial charge in [-0.2, -0.15) is 0 Å². The summed E-state index contributed by atoms with van der Waals surface area (Å²) in [5.41, 5.74) is 7.87. The largest absolute Gasteiger partial charge is 0.463 e. The number of allylic oxidation sites excluding steroid dienone is 5. The molecule has 0 bridgehead atoms. The number of anilines is 1. The average Bonchev–Trinajstić information content (AvgIpc) is 3.52. The van der Waals surface area contributed by atoms with Gasteiger partial charge in [0.25, 0.3) is 0 Å². The van der Waals surface area contributed by atoms with Crippen molar-refractivity contribution in [3.63, 3.8) is 0 Å². The van der Waals surface area contributed by atoms with Crippen LogP contribution >= 0.6 is 0 Å². The fraction of sp³-hybridized carbons (Fsp3) is 0.344. The van der Waals surface area contributed by atoms with Crippen LogP contribution in [0.2, 0.25) is 0 Å². The fourth-order valence-corrected chi connectivity index (χ4v) is 4.81. The van der Waals surface area contributed by atoms with Crippen molar-refractivity contribution in [2.45, 2.75) is 60.4 Å². The van der Waals surface area contributed by atoms with E-state index in [9.17, 15) is 4.79 Å². The predicted molar refractivity (Wildman–Crippen MR) is 148 cm³/mol. The number of fused-ring (bicyclic) bond motifs is 1. The molecule has 4 heteroatoms. The Labute approximate surface area is 214 Å². The highest BCUT2D eigenvalue weighted by Crippen LogP contribution is 2.43. The molecule has 2 aromatic carbocycles. The first-order valence-corrected chi connectivity index (χ1v) is 12.8. The first-order valence-electron chi connectivity index (χ1n) is 12.8. The maximum atomic E-state index is 13.6. The molecule has 0 saturated heterocycles. The normalized spacial score (nSPS) is 16.6. The van der Waals surface area contributed by atoms with Gasteiger partial charge in [-0.05, 0) is 59.4 Å². The lowest BCUT2D eigenvalue weighted by molar-refractivity contribution is -0.114. The van der Waals surface area contributed by atoms with Gasteiger partial charge in [-0.1, -0.05) is 77.9 Å². The molecule has 1 heterocycles. The number of benzene rings is 2. The second kappa shape index (κ2) is 8.85. The van der Waals surface area contributed by atoms with E-state index in [1.807, 2.05) is 12.1 Å². The summed E-state index contributed by atoms with van der Waals surface area (Å²) < 4.78 is 6.02. The van der Waals surface area contributed by atoms with E-state index in [0.717, 1.165) is 46.7 Å². The smallest absolute Gasteiger partial charge is 0.186 e. The molecule has 186 valence electrons. The van der Waals surface area contributed by atoms with Crippen LogP contribution in [0.4, 0.5) is 5.69 Å². The molecule has 0 spiro atoms. The lowest BCUT2D eigenvalue weighted by atomic mass is 9.71. The zero-order valence-electron chi connectivity index (χ0n) is 22.2. The van der Waals surface area contributed by atoms with E-state index < -0.39 is 0 Å². The molecule has 0 atom stereocenters. The van der Waals surface area contributed by atoms with Gasteiger partial charge in [-0.25, -0.2) is 0 Å². The molecule has 1 aromatic heterocycles. The zero-order valence-corrected chi connectivity index (χ0v) is 22.2. The minimum atomic E-state index is -0.283. The summed E-state index contributed by atoms with van der Waals surface area (Å²) in [6.07, 6.45) is 8.07. The van der Waals surface area contributed by atoms with E-state index in [-0.39, 0.29) is 16.6 Å². The van der Waals surface area contributed by atoms with Crippen LogP contribution in [0.25, 0.3) is 16.5 Å². The molecule has 2 aliphatic rings. The van der Waals surface area contributed by atoms with E-state index >= 15 is 0 Å². The van der Waals surface area contributed by atoms with Gasteiger partial charge >= 0.3 is 0 Å². The summed E-state index contributed by atoms with van der Waals surface area (Å²) in [4.78, 5) is 13.6. The molecule has 36 heavy (non-hydrogen) atoms. The predicted octanol–water partition coefficient (Wildman–Crippen LogP) is 8.16. The first kappa shape index (κ1) is 24.2. The van der Waals surface area contributed by atoms with Crippen molar-refractivity contribution in [3.8, 4) is 0 Å². The molecule has 3 aromatic rings. The van der Waals surface area contributed by atoms with Crippen LogP contribution in [-0.4, -0.2) is 16.8 Å². The molecule has 0 unspecified atom stereocenters. The molecular weight excluding hydrogens is 444 g/mol. The van der Waals surface area contributed by atoms with Crippen molar-refractivity contribution in [1.29, 1.82) is 0 Å². The third kappa shape index (κ3) is 4.65. The summed E-state index contributed by atoms with van der Waals surface area (Å²) >= 11 is 0. The second-order valence-corrected chi connectivity index (χ2v) is 12.0. The molecule has 2 aliphatic carbocycles. The number of rotatable bonds is 5. The summed E-state index contributed by atoms with van der Waals surface area (Å²) in [6.45, 7) is 12.7. The van der Waals surface area contributed by atoms with E-state index in [1.54, 1.807) is 6.26 Å². The Morgan fingerprint density at radius 2 is 1.50 bits per heavy atom. The highest BCUT2D eigenvalue weighted by Gasteiger charge is 2.38. The van der Waals surface area contributed by atoms with Crippen LogP contribution < -0.4 is 5.43 Å². The average molecular weight is 481 g/mol. The van der Waals surface area contributed by atoms with Crippen molar-refractivity contribution in [1.82, 2.24) is 5.01 Å². The number of Topliss-reactive ketones (excluding diaryl/α,β-unsaturated/α-hetero) is 1. The van der Waals surface area contributed by atoms with Crippen LogP contribution in [0.3, 0.4) is 0 Å². The molecule has 0 aliphatic heterocycles. The van der Waals surface area contributed by atoms with Gasteiger partial charge in [0.1, 0.15) is 5.70 Å². The lowest BCUT2D eigenvalue weighted by Crippen LogP contribution is -2.33. The van der Waals surface area contributed by atoms with Gasteiger partial charge in [-0.15, -0.1) is 0 Å². The van der Waals surface area contributed by atoms with Gasteiger partial charge < -0.3 is 4.42 Å². The van der Waals surface area contributed by atoms with Gasteiger partial charge in [0.15, 0.2) is 11.5 Å². The number of nitrogens with zero attached hydrogens (tertiary/aromatic N) is 1. The van der Waals surface area contributed by atoms with Crippen molar-refractivity contribution in [2.75, 3.05) is 5.43 Å². The Hall–Kier alpha value is -3.53. The summed E-state index contributed by atoms with van der Waals surface area (Å²) in [6, 6.07) is 19.0. The van der Waals surface area contributed by atoms with E-state index in [0.29, 0.717) is 6.04 Å². The Kier molecular flexibility index (Phi) is 5.94. The first-order chi connectivity index (χ1) is 17.0. The third-order valence-corrected chi connectivity index (χ3v) is 6.92. The maximum Gasteiger partial charge on any atom is 0.186 e. The third-order valence-electron chi connectivity index (χ3n) is 6.92. The number of furan rings is 1. The number of ketones is 1. The molecule has 0 amide bonds. The van der Waals surface area contributed by atoms with Crippen LogP contribution in [0, 0.1) is 10.8 Å². The minimum absolute atomic E-state index is 0.137. The number of carbonyl (C=O) groups excluding carboxylic acids is 1. The Morgan fingerprint density at radius 1 is 0.861 bits per heavy atom. The van der Waals surface area contributed by atoms with Crippen LogP contribution in [0.1, 0.15) is 60.1 Å². The number of nitrogens with one attached hydrogen (secondary N) is 1.